The van der Waals surface area contributed by atoms with Crippen LogP contribution in [0.5, 0.6) is 0 Å². The minimum atomic E-state index is 0.764. The van der Waals surface area contributed by atoms with Crippen molar-refractivity contribution in [3.63, 3.8) is 0 Å². The van der Waals surface area contributed by atoms with Gasteiger partial charge in [-0.1, -0.05) is 36.7 Å². The van der Waals surface area contributed by atoms with Gasteiger partial charge in [-0.05, 0) is 19.5 Å². The van der Waals surface area contributed by atoms with E-state index >= 15 is 0 Å². The van der Waals surface area contributed by atoms with Crippen LogP contribution in [-0.2, 0) is 13.0 Å². The molecule has 1 heterocycles. The summed E-state index contributed by atoms with van der Waals surface area (Å²) in [5.74, 6) is 0. The molecule has 4 heteroatoms. The van der Waals surface area contributed by atoms with Crippen LogP contribution in [0.3, 0.4) is 0 Å². The molecule has 90 valence electrons. The molecule has 0 radical (unpaired) electrons. The Bertz CT molecular complexity index is 508. The predicted octanol–water partition coefficient (Wildman–Crippen LogP) is 3.75. The Balaban J connectivity index is 2.43. The fourth-order valence-electron chi connectivity index (χ4n) is 1.71. The molecule has 0 unspecified atom stereocenters. The molecule has 0 fully saturated rings. The second kappa shape index (κ2) is 5.63. The van der Waals surface area contributed by atoms with Gasteiger partial charge in [0.05, 0.1) is 10.7 Å². The van der Waals surface area contributed by atoms with Gasteiger partial charge in [0.15, 0.2) is 0 Å². The van der Waals surface area contributed by atoms with E-state index in [4.69, 9.17) is 11.6 Å². The van der Waals surface area contributed by atoms with Crippen LogP contribution in [-0.4, -0.2) is 12.0 Å². The van der Waals surface area contributed by atoms with Gasteiger partial charge in [-0.2, -0.15) is 0 Å². The van der Waals surface area contributed by atoms with Crippen molar-refractivity contribution in [1.82, 2.24) is 10.3 Å². The minimum Gasteiger partial charge on any atom is -0.315 e. The summed E-state index contributed by atoms with van der Waals surface area (Å²) in [5.41, 5.74) is 2.19. The highest BCUT2D eigenvalue weighted by Gasteiger charge is 2.12. The van der Waals surface area contributed by atoms with E-state index in [9.17, 15) is 0 Å². The summed E-state index contributed by atoms with van der Waals surface area (Å²) in [6.45, 7) is 3.00. The third kappa shape index (κ3) is 2.68. The van der Waals surface area contributed by atoms with Crippen LogP contribution < -0.4 is 5.32 Å². The zero-order chi connectivity index (χ0) is 12.3. The number of hydrogen-bond acceptors (Lipinski definition) is 3. The van der Waals surface area contributed by atoms with Crippen molar-refractivity contribution in [3.05, 3.63) is 39.9 Å². The van der Waals surface area contributed by atoms with Crippen LogP contribution in [0.15, 0.2) is 24.3 Å². The van der Waals surface area contributed by atoms with E-state index in [1.165, 1.54) is 10.6 Å². The molecule has 0 aliphatic rings. The SMILES string of the molecule is CCc1nc(-c2ccccc2Cl)sc1CNC. The lowest BCUT2D eigenvalue weighted by atomic mass is 10.2. The number of aromatic nitrogens is 1. The molecule has 0 aliphatic heterocycles. The Morgan fingerprint density at radius 1 is 1.35 bits per heavy atom. The van der Waals surface area contributed by atoms with Crippen molar-refractivity contribution < 1.29 is 0 Å². The molecular weight excluding hydrogens is 252 g/mol. The third-order valence-electron chi connectivity index (χ3n) is 2.55. The average molecular weight is 267 g/mol. The second-order valence-electron chi connectivity index (χ2n) is 3.75. The molecule has 2 rings (SSSR count). The van der Waals surface area contributed by atoms with Crippen molar-refractivity contribution in [2.24, 2.45) is 0 Å². The zero-order valence-electron chi connectivity index (χ0n) is 9.96. The van der Waals surface area contributed by atoms with Crippen molar-refractivity contribution in [1.29, 1.82) is 0 Å². The molecular formula is C13H15ClN2S. The molecule has 0 atom stereocenters. The normalized spacial score (nSPS) is 10.8. The highest BCUT2D eigenvalue weighted by molar-refractivity contribution is 7.15. The largest absolute Gasteiger partial charge is 0.315 e. The lowest BCUT2D eigenvalue weighted by molar-refractivity contribution is 0.815. The van der Waals surface area contributed by atoms with Crippen LogP contribution in [0.2, 0.25) is 5.02 Å². The first kappa shape index (κ1) is 12.6. The maximum atomic E-state index is 6.19. The van der Waals surface area contributed by atoms with Crippen LogP contribution in [0.1, 0.15) is 17.5 Å². The summed E-state index contributed by atoms with van der Waals surface area (Å²) in [4.78, 5) is 5.97. The quantitative estimate of drug-likeness (QED) is 0.912. The van der Waals surface area contributed by atoms with Gasteiger partial charge in [-0.3, -0.25) is 0 Å². The molecule has 0 saturated carbocycles. The Morgan fingerprint density at radius 3 is 2.76 bits per heavy atom. The number of rotatable bonds is 4. The number of hydrogen-bond donors (Lipinski definition) is 1. The first-order valence-corrected chi connectivity index (χ1v) is 6.83. The predicted molar refractivity (Wildman–Crippen MR) is 74.7 cm³/mol. The van der Waals surface area contributed by atoms with E-state index < -0.39 is 0 Å². The lowest BCUT2D eigenvalue weighted by Gasteiger charge is -1.98. The van der Waals surface area contributed by atoms with Crippen LogP contribution in [0.25, 0.3) is 10.6 Å². The highest BCUT2D eigenvalue weighted by atomic mass is 35.5. The van der Waals surface area contributed by atoms with E-state index in [0.29, 0.717) is 0 Å². The summed E-state index contributed by atoms with van der Waals surface area (Å²) in [6, 6.07) is 7.85. The first-order chi connectivity index (χ1) is 8.26. The summed E-state index contributed by atoms with van der Waals surface area (Å²) >= 11 is 7.91. The molecule has 0 aliphatic carbocycles. The molecule has 1 N–H and O–H groups in total. The van der Waals surface area contributed by atoms with Gasteiger partial charge in [0.25, 0.3) is 0 Å². The fourth-order valence-corrected chi connectivity index (χ4v) is 3.19. The van der Waals surface area contributed by atoms with Crippen molar-refractivity contribution in [2.45, 2.75) is 19.9 Å². The van der Waals surface area contributed by atoms with Crippen LogP contribution in [0.4, 0.5) is 0 Å². The van der Waals surface area contributed by atoms with Crippen LogP contribution in [0, 0.1) is 0 Å². The number of nitrogens with zero attached hydrogens (tertiary/aromatic N) is 1. The summed E-state index contributed by atoms with van der Waals surface area (Å²) in [5, 5.41) is 4.95. The topological polar surface area (TPSA) is 24.9 Å². The number of halogens is 1. The molecule has 1 aromatic carbocycles. The van der Waals surface area contributed by atoms with Crippen LogP contribution >= 0.6 is 22.9 Å². The fraction of sp³-hybridized carbons (Fsp3) is 0.308. The molecule has 0 saturated heterocycles. The number of nitrogens with one attached hydrogen (secondary N) is 1. The molecule has 17 heavy (non-hydrogen) atoms. The van der Waals surface area contributed by atoms with Crippen molar-refractivity contribution >= 4 is 22.9 Å². The highest BCUT2D eigenvalue weighted by Crippen LogP contribution is 2.32. The molecule has 0 bridgehead atoms. The average Bonchev–Trinajstić information content (AvgIpc) is 2.73. The monoisotopic (exact) mass is 266 g/mol. The van der Waals surface area contributed by atoms with E-state index in [2.05, 4.69) is 17.2 Å². The third-order valence-corrected chi connectivity index (χ3v) is 4.02. The summed E-state index contributed by atoms with van der Waals surface area (Å²) < 4.78 is 0. The number of benzene rings is 1. The molecule has 0 spiro atoms. The maximum absolute atomic E-state index is 6.19. The smallest absolute Gasteiger partial charge is 0.125 e. The van der Waals surface area contributed by atoms with Crippen molar-refractivity contribution in [2.75, 3.05) is 7.05 Å². The van der Waals surface area contributed by atoms with Gasteiger partial charge < -0.3 is 5.32 Å². The standard InChI is InChI=1S/C13H15ClN2S/c1-3-11-12(8-15-2)17-13(16-11)9-6-4-5-7-10(9)14/h4-7,15H,3,8H2,1-2H3. The van der Waals surface area contributed by atoms with Crippen molar-refractivity contribution in [3.8, 4) is 10.6 Å². The Labute approximate surface area is 111 Å². The van der Waals surface area contributed by atoms with Gasteiger partial charge in [-0.25, -0.2) is 4.98 Å². The van der Waals surface area contributed by atoms with Gasteiger partial charge in [-0.15, -0.1) is 11.3 Å². The lowest BCUT2D eigenvalue weighted by Crippen LogP contribution is -2.05. The Hall–Kier alpha value is -0.900. The molecule has 0 amide bonds. The summed E-state index contributed by atoms with van der Waals surface area (Å²) in [7, 11) is 1.95. The Kier molecular flexibility index (Phi) is 4.15. The number of thiazole rings is 1. The van der Waals surface area contributed by atoms with Gasteiger partial charge in [0.1, 0.15) is 5.01 Å². The van der Waals surface area contributed by atoms with E-state index in [-0.39, 0.29) is 0 Å². The Morgan fingerprint density at radius 2 is 2.12 bits per heavy atom. The van der Waals surface area contributed by atoms with E-state index in [0.717, 1.165) is 28.6 Å². The maximum Gasteiger partial charge on any atom is 0.125 e. The second-order valence-corrected chi connectivity index (χ2v) is 5.24. The minimum absolute atomic E-state index is 0.764. The molecule has 2 aromatic rings. The van der Waals surface area contributed by atoms with Gasteiger partial charge in [0, 0.05) is 17.0 Å². The number of aryl methyl sites for hydroxylation is 1. The van der Waals surface area contributed by atoms with Gasteiger partial charge >= 0.3 is 0 Å². The van der Waals surface area contributed by atoms with E-state index in [1.807, 2.05) is 31.3 Å². The first-order valence-electron chi connectivity index (χ1n) is 5.64. The molecule has 2 nitrogen and oxygen atoms in total. The van der Waals surface area contributed by atoms with E-state index in [1.54, 1.807) is 11.3 Å². The van der Waals surface area contributed by atoms with Gasteiger partial charge in [0.2, 0.25) is 0 Å². The summed E-state index contributed by atoms with van der Waals surface area (Å²) in [6.07, 6.45) is 0.956. The molecule has 1 aromatic heterocycles. The zero-order valence-corrected chi connectivity index (χ0v) is 11.5.